The highest BCUT2D eigenvalue weighted by molar-refractivity contribution is 7.89. The van der Waals surface area contributed by atoms with Crippen molar-refractivity contribution in [1.82, 2.24) is 10.0 Å². The van der Waals surface area contributed by atoms with Gasteiger partial charge in [0.15, 0.2) is 0 Å². The molecule has 6 heteroatoms. The number of thiophene rings is 1. The lowest BCUT2D eigenvalue weighted by molar-refractivity contribution is 0.555. The summed E-state index contributed by atoms with van der Waals surface area (Å²) in [6, 6.07) is 4.47. The van der Waals surface area contributed by atoms with Gasteiger partial charge < -0.3 is 5.32 Å². The standard InChI is InChI=1S/C13H24N2O2S2/c1-12(2)14-8-3-4-11-19(16,17)15-9-7-13-6-5-10-18-13/h5-6,10,12,14-15H,3-4,7-9,11H2,1-2H3. The molecule has 0 aliphatic carbocycles. The van der Waals surface area contributed by atoms with Crippen molar-refractivity contribution in [2.45, 2.75) is 39.2 Å². The normalized spacial score (nSPS) is 12.2. The molecule has 1 rings (SSSR count). The summed E-state index contributed by atoms with van der Waals surface area (Å²) in [5.41, 5.74) is 0. The molecule has 1 heterocycles. The summed E-state index contributed by atoms with van der Waals surface area (Å²) < 4.78 is 26.1. The third-order valence-corrected chi connectivity index (χ3v) is 5.07. The van der Waals surface area contributed by atoms with Gasteiger partial charge in [-0.15, -0.1) is 11.3 Å². The number of hydrogen-bond donors (Lipinski definition) is 2. The van der Waals surface area contributed by atoms with Gasteiger partial charge in [-0.05, 0) is 37.3 Å². The zero-order chi connectivity index (χ0) is 14.1. The van der Waals surface area contributed by atoms with E-state index in [1.54, 1.807) is 11.3 Å². The van der Waals surface area contributed by atoms with Crippen LogP contribution < -0.4 is 10.0 Å². The molecule has 2 N–H and O–H groups in total. The summed E-state index contributed by atoms with van der Waals surface area (Å²) >= 11 is 1.66. The topological polar surface area (TPSA) is 58.2 Å². The fourth-order valence-electron chi connectivity index (χ4n) is 1.66. The molecular weight excluding hydrogens is 280 g/mol. The first-order chi connectivity index (χ1) is 8.99. The Bertz CT molecular complexity index is 428. The van der Waals surface area contributed by atoms with Gasteiger partial charge in [-0.1, -0.05) is 19.9 Å². The fourth-order valence-corrected chi connectivity index (χ4v) is 3.52. The Hall–Kier alpha value is -0.430. The molecule has 110 valence electrons. The first-order valence-corrected chi connectivity index (χ1v) is 9.26. The predicted molar refractivity (Wildman–Crippen MR) is 82.2 cm³/mol. The molecule has 0 aromatic carbocycles. The fraction of sp³-hybridized carbons (Fsp3) is 0.692. The highest BCUT2D eigenvalue weighted by atomic mass is 32.2. The Labute approximate surface area is 120 Å². The summed E-state index contributed by atoms with van der Waals surface area (Å²) in [4.78, 5) is 1.21. The molecule has 4 nitrogen and oxygen atoms in total. The molecule has 0 radical (unpaired) electrons. The Morgan fingerprint density at radius 3 is 2.68 bits per heavy atom. The minimum Gasteiger partial charge on any atom is -0.315 e. The third kappa shape index (κ3) is 8.36. The molecule has 1 aromatic rings. The van der Waals surface area contributed by atoms with Gasteiger partial charge in [-0.25, -0.2) is 13.1 Å². The predicted octanol–water partition coefficient (Wildman–Crippen LogP) is 1.99. The maximum Gasteiger partial charge on any atom is 0.211 e. The lowest BCUT2D eigenvalue weighted by Gasteiger charge is -2.08. The second-order valence-corrected chi connectivity index (χ2v) is 7.82. The average Bonchev–Trinajstić information content (AvgIpc) is 2.80. The number of hydrogen-bond acceptors (Lipinski definition) is 4. The van der Waals surface area contributed by atoms with Crippen LogP contribution in [0.15, 0.2) is 17.5 Å². The summed E-state index contributed by atoms with van der Waals surface area (Å²) in [6.45, 7) is 5.54. The SMILES string of the molecule is CC(C)NCCCCS(=O)(=O)NCCc1cccs1. The monoisotopic (exact) mass is 304 g/mol. The summed E-state index contributed by atoms with van der Waals surface area (Å²) in [7, 11) is -3.11. The largest absolute Gasteiger partial charge is 0.315 e. The number of rotatable bonds is 10. The zero-order valence-corrected chi connectivity index (χ0v) is 13.3. The van der Waals surface area contributed by atoms with Gasteiger partial charge in [-0.2, -0.15) is 0 Å². The minimum atomic E-state index is -3.11. The van der Waals surface area contributed by atoms with Crippen molar-refractivity contribution in [2.24, 2.45) is 0 Å². The van der Waals surface area contributed by atoms with Crippen molar-refractivity contribution in [2.75, 3.05) is 18.8 Å². The second kappa shape index (κ2) is 8.68. The van der Waals surface area contributed by atoms with E-state index in [1.807, 2.05) is 17.5 Å². The number of sulfonamides is 1. The van der Waals surface area contributed by atoms with E-state index in [0.717, 1.165) is 19.4 Å². The Morgan fingerprint density at radius 2 is 2.05 bits per heavy atom. The Kier molecular flexibility index (Phi) is 7.60. The molecule has 0 fully saturated rings. The van der Waals surface area contributed by atoms with Crippen LogP contribution in [0.4, 0.5) is 0 Å². The summed E-state index contributed by atoms with van der Waals surface area (Å²) in [5, 5.41) is 5.29. The first-order valence-electron chi connectivity index (χ1n) is 6.73. The summed E-state index contributed by atoms with van der Waals surface area (Å²) in [5.74, 6) is 0.219. The molecule has 0 spiro atoms. The molecule has 0 amide bonds. The minimum absolute atomic E-state index is 0.219. The maximum absolute atomic E-state index is 11.7. The van der Waals surface area contributed by atoms with Gasteiger partial charge in [0.2, 0.25) is 10.0 Å². The van der Waals surface area contributed by atoms with Crippen LogP contribution in [0.25, 0.3) is 0 Å². The summed E-state index contributed by atoms with van der Waals surface area (Å²) in [6.07, 6.45) is 2.36. The molecule has 0 aliphatic heterocycles. The van der Waals surface area contributed by atoms with E-state index in [0.29, 0.717) is 19.0 Å². The van der Waals surface area contributed by atoms with E-state index >= 15 is 0 Å². The van der Waals surface area contributed by atoms with E-state index in [4.69, 9.17) is 0 Å². The van der Waals surface area contributed by atoms with Crippen molar-refractivity contribution >= 4 is 21.4 Å². The van der Waals surface area contributed by atoms with E-state index in [-0.39, 0.29) is 5.75 Å². The molecular formula is C13H24N2O2S2. The van der Waals surface area contributed by atoms with Gasteiger partial charge in [0, 0.05) is 17.5 Å². The van der Waals surface area contributed by atoms with Crippen LogP contribution in [0, 0.1) is 0 Å². The van der Waals surface area contributed by atoms with E-state index in [2.05, 4.69) is 23.9 Å². The van der Waals surface area contributed by atoms with Crippen molar-refractivity contribution in [3.8, 4) is 0 Å². The van der Waals surface area contributed by atoms with Crippen LogP contribution in [0.2, 0.25) is 0 Å². The third-order valence-electron chi connectivity index (χ3n) is 2.67. The molecule has 0 bridgehead atoms. The quantitative estimate of drug-likeness (QED) is 0.650. The first kappa shape index (κ1) is 16.6. The molecule has 19 heavy (non-hydrogen) atoms. The van der Waals surface area contributed by atoms with E-state index < -0.39 is 10.0 Å². The Morgan fingerprint density at radius 1 is 1.26 bits per heavy atom. The van der Waals surface area contributed by atoms with Crippen molar-refractivity contribution in [3.63, 3.8) is 0 Å². The Balaban J connectivity index is 2.10. The molecule has 1 aromatic heterocycles. The lowest BCUT2D eigenvalue weighted by Crippen LogP contribution is -2.29. The van der Waals surface area contributed by atoms with Crippen LogP contribution >= 0.6 is 11.3 Å². The molecule has 0 aliphatic rings. The molecule has 0 atom stereocenters. The lowest BCUT2D eigenvalue weighted by atomic mass is 10.3. The van der Waals surface area contributed by atoms with Crippen LogP contribution in [0.3, 0.4) is 0 Å². The van der Waals surface area contributed by atoms with Crippen LogP contribution in [-0.2, 0) is 16.4 Å². The van der Waals surface area contributed by atoms with Crippen LogP contribution in [-0.4, -0.2) is 33.3 Å². The highest BCUT2D eigenvalue weighted by Gasteiger charge is 2.09. The number of unbranched alkanes of at least 4 members (excludes halogenated alkanes) is 1. The second-order valence-electron chi connectivity index (χ2n) is 4.86. The molecule has 0 saturated heterocycles. The maximum atomic E-state index is 11.7. The van der Waals surface area contributed by atoms with E-state index in [9.17, 15) is 8.42 Å². The van der Waals surface area contributed by atoms with Gasteiger partial charge in [0.1, 0.15) is 0 Å². The van der Waals surface area contributed by atoms with Crippen LogP contribution in [0.1, 0.15) is 31.6 Å². The van der Waals surface area contributed by atoms with Gasteiger partial charge in [-0.3, -0.25) is 0 Å². The molecule has 0 unspecified atom stereocenters. The highest BCUT2D eigenvalue weighted by Crippen LogP contribution is 2.08. The van der Waals surface area contributed by atoms with Crippen LogP contribution in [0.5, 0.6) is 0 Å². The average molecular weight is 304 g/mol. The van der Waals surface area contributed by atoms with Gasteiger partial charge in [0.05, 0.1) is 5.75 Å². The van der Waals surface area contributed by atoms with Gasteiger partial charge in [0.25, 0.3) is 0 Å². The molecule has 0 saturated carbocycles. The number of nitrogens with one attached hydrogen (secondary N) is 2. The van der Waals surface area contributed by atoms with Crippen molar-refractivity contribution < 1.29 is 8.42 Å². The van der Waals surface area contributed by atoms with Crippen molar-refractivity contribution in [3.05, 3.63) is 22.4 Å². The van der Waals surface area contributed by atoms with E-state index in [1.165, 1.54) is 4.88 Å². The smallest absolute Gasteiger partial charge is 0.211 e. The van der Waals surface area contributed by atoms with Gasteiger partial charge >= 0.3 is 0 Å². The van der Waals surface area contributed by atoms with Crippen molar-refractivity contribution in [1.29, 1.82) is 0 Å². The zero-order valence-electron chi connectivity index (χ0n) is 11.7.